The lowest BCUT2D eigenvalue weighted by Crippen LogP contribution is -2.34. The van der Waals surface area contributed by atoms with Crippen LogP contribution in [0.15, 0.2) is 23.3 Å². The van der Waals surface area contributed by atoms with Crippen molar-refractivity contribution in [1.82, 2.24) is 0 Å². The highest BCUT2D eigenvalue weighted by Crippen LogP contribution is 2.46. The molecule has 1 N–H and O–H groups in total. The predicted molar refractivity (Wildman–Crippen MR) is 84.1 cm³/mol. The van der Waals surface area contributed by atoms with Crippen LogP contribution in [0.25, 0.3) is 0 Å². The molecule has 0 fully saturated rings. The Morgan fingerprint density at radius 2 is 2.14 bits per heavy atom. The minimum Gasteiger partial charge on any atom is -0.454 e. The summed E-state index contributed by atoms with van der Waals surface area (Å²) in [6, 6.07) is 0. The molecule has 4 heteroatoms. The van der Waals surface area contributed by atoms with Gasteiger partial charge in [-0.25, -0.2) is 4.79 Å². The van der Waals surface area contributed by atoms with Crippen molar-refractivity contribution in [2.75, 3.05) is 0 Å². The van der Waals surface area contributed by atoms with Crippen molar-refractivity contribution in [2.24, 2.45) is 11.3 Å². The van der Waals surface area contributed by atoms with Gasteiger partial charge < -0.3 is 9.84 Å². The third kappa shape index (κ3) is 3.49. The molecule has 1 heterocycles. The Bertz CT molecular complexity index is 531. The number of ketones is 1. The van der Waals surface area contributed by atoms with E-state index in [-0.39, 0.29) is 29.7 Å². The van der Waals surface area contributed by atoms with Crippen LogP contribution < -0.4 is 0 Å². The summed E-state index contributed by atoms with van der Waals surface area (Å²) < 4.78 is 5.22. The molecule has 4 atom stereocenters. The van der Waals surface area contributed by atoms with Crippen LogP contribution >= 0.6 is 0 Å². The molecule has 0 spiro atoms. The monoisotopic (exact) mass is 306 g/mol. The number of hydrogen-bond donors (Lipinski definition) is 1. The van der Waals surface area contributed by atoms with Gasteiger partial charge in [0, 0.05) is 12.0 Å². The van der Waals surface area contributed by atoms with E-state index in [1.165, 1.54) is 12.5 Å². The second-order valence-corrected chi connectivity index (χ2v) is 7.01. The molecule has 0 radical (unpaired) electrons. The Balaban J connectivity index is 2.04. The number of esters is 1. The van der Waals surface area contributed by atoms with E-state index in [0.717, 1.165) is 12.8 Å². The van der Waals surface area contributed by atoms with Crippen molar-refractivity contribution >= 4 is 11.8 Å². The zero-order valence-electron chi connectivity index (χ0n) is 13.9. The lowest BCUT2D eigenvalue weighted by molar-refractivity contribution is -0.140. The highest BCUT2D eigenvalue weighted by Gasteiger charge is 2.38. The summed E-state index contributed by atoms with van der Waals surface area (Å²) in [4.78, 5) is 23.0. The minimum absolute atomic E-state index is 0.0149. The maximum atomic E-state index is 11.9. The van der Waals surface area contributed by atoms with Crippen LogP contribution in [0.5, 0.6) is 0 Å². The first-order valence-electron chi connectivity index (χ1n) is 8.00. The number of carbonyl (C=O) groups is 2. The van der Waals surface area contributed by atoms with E-state index in [9.17, 15) is 14.7 Å². The lowest BCUT2D eigenvalue weighted by Gasteiger charge is -2.41. The average molecular weight is 306 g/mol. The maximum Gasteiger partial charge on any atom is 0.334 e. The third-order valence-corrected chi connectivity index (χ3v) is 5.34. The van der Waals surface area contributed by atoms with Crippen LogP contribution in [-0.2, 0) is 14.3 Å². The lowest BCUT2D eigenvalue weighted by atomic mass is 9.64. The Morgan fingerprint density at radius 1 is 1.45 bits per heavy atom. The normalized spacial score (nSPS) is 35.0. The number of Topliss-reactive ketones (excluding diaryl/α,β-unsaturated/α-hetero) is 1. The number of ether oxygens (including phenoxy) is 1. The molecule has 4 nitrogen and oxygen atoms in total. The number of cyclic esters (lactones) is 1. The molecule has 0 bridgehead atoms. The summed E-state index contributed by atoms with van der Waals surface area (Å²) in [6.07, 6.45) is 5.48. The molecule has 0 saturated heterocycles. The van der Waals surface area contributed by atoms with Gasteiger partial charge >= 0.3 is 5.97 Å². The van der Waals surface area contributed by atoms with Crippen molar-refractivity contribution in [3.63, 3.8) is 0 Å². The fourth-order valence-electron chi connectivity index (χ4n) is 3.50. The van der Waals surface area contributed by atoms with Gasteiger partial charge in [0.2, 0.25) is 0 Å². The van der Waals surface area contributed by atoms with E-state index in [1.54, 1.807) is 6.08 Å². The topological polar surface area (TPSA) is 63.6 Å². The molecule has 2 aliphatic rings. The number of hydrogen-bond acceptors (Lipinski definition) is 4. The molecule has 0 aromatic carbocycles. The molecular weight excluding hydrogens is 280 g/mol. The second kappa shape index (κ2) is 6.37. The molecule has 4 unspecified atom stereocenters. The van der Waals surface area contributed by atoms with Gasteiger partial charge in [-0.15, -0.1) is 0 Å². The molecule has 0 saturated carbocycles. The smallest absolute Gasteiger partial charge is 0.334 e. The standard InChI is InChI=1S/C18H26O4/c1-11-7-15(20)8-12(2)18(11,4)6-5-14-10-16(9-13(3)19)22-17(14)21/h7,10,12,15-16,20H,5-6,8-9H2,1-4H3. The van der Waals surface area contributed by atoms with Crippen LogP contribution in [0.1, 0.15) is 53.4 Å². The van der Waals surface area contributed by atoms with Crippen LogP contribution in [0.4, 0.5) is 0 Å². The van der Waals surface area contributed by atoms with Crippen molar-refractivity contribution in [3.8, 4) is 0 Å². The van der Waals surface area contributed by atoms with Crippen LogP contribution in [0, 0.1) is 11.3 Å². The SMILES string of the molecule is CC(=O)CC1C=C(CCC2(C)C(C)=CC(O)CC2C)C(=O)O1. The minimum atomic E-state index is -0.393. The molecule has 0 aromatic rings. The van der Waals surface area contributed by atoms with Crippen molar-refractivity contribution in [1.29, 1.82) is 0 Å². The number of aliphatic hydroxyl groups is 1. The number of aliphatic hydroxyl groups excluding tert-OH is 1. The molecule has 122 valence electrons. The summed E-state index contributed by atoms with van der Waals surface area (Å²) in [5.74, 6) is 0.0921. The zero-order chi connectivity index (χ0) is 16.5. The Hall–Kier alpha value is -1.42. The quantitative estimate of drug-likeness (QED) is 0.626. The van der Waals surface area contributed by atoms with Crippen LogP contribution in [0.2, 0.25) is 0 Å². The summed E-state index contributed by atoms with van der Waals surface area (Å²) in [6.45, 7) is 7.91. The fraction of sp³-hybridized carbons (Fsp3) is 0.667. The van der Waals surface area contributed by atoms with Gasteiger partial charge in [0.1, 0.15) is 11.9 Å². The molecule has 1 aliphatic heterocycles. The van der Waals surface area contributed by atoms with Gasteiger partial charge in [-0.2, -0.15) is 0 Å². The molecule has 0 aromatic heterocycles. The number of carbonyl (C=O) groups excluding carboxylic acids is 2. The second-order valence-electron chi connectivity index (χ2n) is 7.01. The molecular formula is C18H26O4. The molecule has 0 amide bonds. The highest BCUT2D eigenvalue weighted by molar-refractivity contribution is 5.91. The van der Waals surface area contributed by atoms with E-state index < -0.39 is 6.10 Å². The number of allylic oxidation sites excluding steroid dienone is 1. The summed E-state index contributed by atoms with van der Waals surface area (Å²) in [7, 11) is 0. The summed E-state index contributed by atoms with van der Waals surface area (Å²) in [5.41, 5.74) is 1.85. The van der Waals surface area contributed by atoms with Gasteiger partial charge in [-0.3, -0.25) is 4.79 Å². The van der Waals surface area contributed by atoms with E-state index in [0.29, 0.717) is 17.9 Å². The van der Waals surface area contributed by atoms with Gasteiger partial charge in [0.15, 0.2) is 0 Å². The fourth-order valence-corrected chi connectivity index (χ4v) is 3.50. The zero-order valence-corrected chi connectivity index (χ0v) is 13.9. The average Bonchev–Trinajstić information content (AvgIpc) is 2.73. The van der Waals surface area contributed by atoms with Gasteiger partial charge in [-0.1, -0.05) is 25.5 Å². The Labute approximate surface area is 132 Å². The van der Waals surface area contributed by atoms with Crippen LogP contribution in [0.3, 0.4) is 0 Å². The van der Waals surface area contributed by atoms with Gasteiger partial charge in [0.25, 0.3) is 0 Å². The molecule has 2 rings (SSSR count). The van der Waals surface area contributed by atoms with Crippen molar-refractivity contribution in [3.05, 3.63) is 23.3 Å². The van der Waals surface area contributed by atoms with Crippen molar-refractivity contribution < 1.29 is 19.4 Å². The van der Waals surface area contributed by atoms with E-state index >= 15 is 0 Å². The maximum absolute atomic E-state index is 11.9. The van der Waals surface area contributed by atoms with Gasteiger partial charge in [-0.05, 0) is 50.5 Å². The highest BCUT2D eigenvalue weighted by atomic mass is 16.5. The van der Waals surface area contributed by atoms with E-state index in [4.69, 9.17) is 4.74 Å². The summed E-state index contributed by atoms with van der Waals surface area (Å²) >= 11 is 0. The molecule has 22 heavy (non-hydrogen) atoms. The van der Waals surface area contributed by atoms with E-state index in [2.05, 4.69) is 20.8 Å². The first kappa shape index (κ1) is 16.9. The first-order valence-corrected chi connectivity index (χ1v) is 8.00. The summed E-state index contributed by atoms with van der Waals surface area (Å²) in [5, 5.41) is 9.83. The first-order chi connectivity index (χ1) is 10.2. The third-order valence-electron chi connectivity index (χ3n) is 5.34. The van der Waals surface area contributed by atoms with Crippen LogP contribution in [-0.4, -0.2) is 29.1 Å². The largest absolute Gasteiger partial charge is 0.454 e. The van der Waals surface area contributed by atoms with Gasteiger partial charge in [0.05, 0.1) is 6.10 Å². The predicted octanol–water partition coefficient (Wildman–Crippen LogP) is 2.95. The number of rotatable bonds is 5. The Morgan fingerprint density at radius 3 is 2.73 bits per heavy atom. The van der Waals surface area contributed by atoms with E-state index in [1.807, 2.05) is 6.08 Å². The Kier molecular flexibility index (Phi) is 4.90. The van der Waals surface area contributed by atoms with Crippen molar-refractivity contribution in [2.45, 2.75) is 65.6 Å². The molecule has 1 aliphatic carbocycles.